The lowest BCUT2D eigenvalue weighted by molar-refractivity contribution is 0.402. The summed E-state index contributed by atoms with van der Waals surface area (Å²) in [6.45, 7) is 0. The van der Waals surface area contributed by atoms with Crippen molar-refractivity contribution in [3.63, 3.8) is 0 Å². The summed E-state index contributed by atoms with van der Waals surface area (Å²) >= 11 is 0. The lowest BCUT2D eigenvalue weighted by Crippen LogP contribution is -2.22. The molecular formula is C16H21N3. The first-order chi connectivity index (χ1) is 9.24. The summed E-state index contributed by atoms with van der Waals surface area (Å²) in [5.74, 6) is 0.521. The van der Waals surface area contributed by atoms with E-state index in [1.54, 1.807) is 0 Å². The van der Waals surface area contributed by atoms with Crippen LogP contribution in [0.5, 0.6) is 0 Å². The molecule has 19 heavy (non-hydrogen) atoms. The minimum Gasteiger partial charge on any atom is -0.324 e. The van der Waals surface area contributed by atoms with E-state index in [1.165, 1.54) is 29.5 Å². The molecule has 1 heterocycles. The Labute approximate surface area is 114 Å². The molecule has 2 unspecified atom stereocenters. The monoisotopic (exact) mass is 255 g/mol. The minimum absolute atomic E-state index is 0.152. The third kappa shape index (κ3) is 2.56. The van der Waals surface area contributed by atoms with Crippen LogP contribution in [0.25, 0.3) is 0 Å². The van der Waals surface area contributed by atoms with E-state index in [0.717, 1.165) is 12.8 Å². The number of hydrogen-bond donors (Lipinski definition) is 1. The fraction of sp³-hybridized carbons (Fsp3) is 0.438. The summed E-state index contributed by atoms with van der Waals surface area (Å²) in [4.78, 5) is 0. The molecule has 0 bridgehead atoms. The Morgan fingerprint density at radius 1 is 1.37 bits per heavy atom. The van der Waals surface area contributed by atoms with Gasteiger partial charge in [0.15, 0.2) is 0 Å². The summed E-state index contributed by atoms with van der Waals surface area (Å²) in [6.07, 6.45) is 8.68. The van der Waals surface area contributed by atoms with E-state index in [2.05, 4.69) is 35.6 Å². The quantitative estimate of drug-likeness (QED) is 0.838. The summed E-state index contributed by atoms with van der Waals surface area (Å²) in [5, 5.41) is 4.25. The molecule has 3 heteroatoms. The zero-order chi connectivity index (χ0) is 13.2. The van der Waals surface area contributed by atoms with Crippen molar-refractivity contribution in [2.24, 2.45) is 18.7 Å². The van der Waals surface area contributed by atoms with E-state index in [0.29, 0.717) is 5.92 Å². The molecule has 2 aromatic rings. The predicted octanol–water partition coefficient (Wildman–Crippen LogP) is 2.62. The van der Waals surface area contributed by atoms with E-state index in [1.807, 2.05) is 17.9 Å². The van der Waals surface area contributed by atoms with Crippen LogP contribution < -0.4 is 5.73 Å². The zero-order valence-electron chi connectivity index (χ0n) is 11.4. The normalized spacial score (nSPS) is 22.8. The number of hydrogen-bond acceptors (Lipinski definition) is 2. The van der Waals surface area contributed by atoms with E-state index in [-0.39, 0.29) is 6.04 Å². The average Bonchev–Trinajstić information content (AvgIpc) is 2.75. The van der Waals surface area contributed by atoms with E-state index in [9.17, 15) is 0 Å². The zero-order valence-corrected chi connectivity index (χ0v) is 11.4. The molecule has 3 nitrogen and oxygen atoms in total. The molecule has 0 spiro atoms. The van der Waals surface area contributed by atoms with Gasteiger partial charge in [-0.05, 0) is 48.3 Å². The summed E-state index contributed by atoms with van der Waals surface area (Å²) in [7, 11) is 1.96. The Hall–Kier alpha value is -1.61. The van der Waals surface area contributed by atoms with Crippen molar-refractivity contribution in [1.29, 1.82) is 0 Å². The van der Waals surface area contributed by atoms with Gasteiger partial charge in [-0.3, -0.25) is 4.68 Å². The fourth-order valence-electron chi connectivity index (χ4n) is 3.18. The van der Waals surface area contributed by atoms with E-state index >= 15 is 0 Å². The highest BCUT2D eigenvalue weighted by Crippen LogP contribution is 2.33. The predicted molar refractivity (Wildman–Crippen MR) is 76.7 cm³/mol. The highest BCUT2D eigenvalue weighted by atomic mass is 15.2. The van der Waals surface area contributed by atoms with Gasteiger partial charge >= 0.3 is 0 Å². The van der Waals surface area contributed by atoms with Gasteiger partial charge < -0.3 is 5.73 Å². The van der Waals surface area contributed by atoms with Crippen LogP contribution in [-0.4, -0.2) is 9.78 Å². The van der Waals surface area contributed by atoms with E-state index in [4.69, 9.17) is 5.73 Å². The van der Waals surface area contributed by atoms with Crippen LogP contribution in [0.1, 0.15) is 35.6 Å². The smallest absolute Gasteiger partial charge is 0.0521 e. The van der Waals surface area contributed by atoms with Gasteiger partial charge in [0.05, 0.1) is 6.20 Å². The molecule has 3 rings (SSSR count). The molecule has 2 N–H and O–H groups in total. The van der Waals surface area contributed by atoms with Crippen molar-refractivity contribution < 1.29 is 0 Å². The number of aromatic nitrogens is 2. The van der Waals surface area contributed by atoms with Crippen molar-refractivity contribution >= 4 is 0 Å². The van der Waals surface area contributed by atoms with Crippen LogP contribution in [0.15, 0.2) is 36.7 Å². The van der Waals surface area contributed by atoms with Gasteiger partial charge in [0, 0.05) is 19.3 Å². The number of benzene rings is 1. The summed E-state index contributed by atoms with van der Waals surface area (Å²) in [5.41, 5.74) is 10.6. The second-order valence-electron chi connectivity index (χ2n) is 5.60. The summed E-state index contributed by atoms with van der Waals surface area (Å²) < 4.78 is 1.87. The number of fused-ring (bicyclic) bond motifs is 1. The van der Waals surface area contributed by atoms with Gasteiger partial charge in [0.1, 0.15) is 0 Å². The lowest BCUT2D eigenvalue weighted by Gasteiger charge is -2.22. The molecule has 0 amide bonds. The molecule has 0 aliphatic heterocycles. The largest absolute Gasteiger partial charge is 0.324 e. The van der Waals surface area contributed by atoms with Crippen LogP contribution in [-0.2, 0) is 19.9 Å². The number of nitrogens with zero attached hydrogens (tertiary/aromatic N) is 2. The highest BCUT2D eigenvalue weighted by molar-refractivity contribution is 5.31. The SMILES string of the molecule is Cn1cc(CC2CCCc3ccccc3C2N)cn1. The molecule has 1 aromatic carbocycles. The molecular weight excluding hydrogens is 234 g/mol. The fourth-order valence-corrected chi connectivity index (χ4v) is 3.18. The third-order valence-corrected chi connectivity index (χ3v) is 4.20. The van der Waals surface area contributed by atoms with Gasteiger partial charge in [0.25, 0.3) is 0 Å². The van der Waals surface area contributed by atoms with Crippen molar-refractivity contribution in [2.45, 2.75) is 31.7 Å². The minimum atomic E-state index is 0.152. The molecule has 100 valence electrons. The first-order valence-electron chi connectivity index (χ1n) is 7.05. The van der Waals surface area contributed by atoms with Crippen LogP contribution in [0.4, 0.5) is 0 Å². The van der Waals surface area contributed by atoms with Crippen LogP contribution >= 0.6 is 0 Å². The Morgan fingerprint density at radius 3 is 3.00 bits per heavy atom. The molecule has 1 aliphatic rings. The molecule has 0 fully saturated rings. The number of aryl methyl sites for hydroxylation is 2. The van der Waals surface area contributed by atoms with Gasteiger partial charge in [0.2, 0.25) is 0 Å². The van der Waals surface area contributed by atoms with Crippen molar-refractivity contribution in [2.75, 3.05) is 0 Å². The van der Waals surface area contributed by atoms with Gasteiger partial charge in [-0.1, -0.05) is 24.3 Å². The number of rotatable bonds is 2. The van der Waals surface area contributed by atoms with Crippen LogP contribution in [0.2, 0.25) is 0 Å². The maximum absolute atomic E-state index is 6.52. The van der Waals surface area contributed by atoms with Gasteiger partial charge in [-0.2, -0.15) is 5.10 Å². The summed E-state index contributed by atoms with van der Waals surface area (Å²) in [6, 6.07) is 8.79. The van der Waals surface area contributed by atoms with E-state index < -0.39 is 0 Å². The Bertz CT molecular complexity index is 559. The first kappa shape index (κ1) is 12.4. The Balaban J connectivity index is 1.83. The second-order valence-corrected chi connectivity index (χ2v) is 5.60. The molecule has 2 atom stereocenters. The average molecular weight is 255 g/mol. The maximum atomic E-state index is 6.52. The van der Waals surface area contributed by atoms with Crippen molar-refractivity contribution in [1.82, 2.24) is 9.78 Å². The van der Waals surface area contributed by atoms with Crippen molar-refractivity contribution in [3.05, 3.63) is 53.3 Å². The molecule has 0 saturated carbocycles. The standard InChI is InChI=1S/C16H21N3/c1-19-11-12(10-18-19)9-14-7-4-6-13-5-2-3-8-15(13)16(14)17/h2-3,5,8,10-11,14,16H,4,6-7,9,17H2,1H3. The molecule has 0 radical (unpaired) electrons. The van der Waals surface area contributed by atoms with Crippen LogP contribution in [0, 0.1) is 5.92 Å². The lowest BCUT2D eigenvalue weighted by atomic mass is 9.87. The number of nitrogens with two attached hydrogens (primary N) is 1. The van der Waals surface area contributed by atoms with Gasteiger partial charge in [-0.25, -0.2) is 0 Å². The Kier molecular flexibility index (Phi) is 3.38. The maximum Gasteiger partial charge on any atom is 0.0521 e. The first-order valence-corrected chi connectivity index (χ1v) is 7.05. The second kappa shape index (κ2) is 5.17. The molecule has 1 aliphatic carbocycles. The van der Waals surface area contributed by atoms with Gasteiger partial charge in [-0.15, -0.1) is 0 Å². The highest BCUT2D eigenvalue weighted by Gasteiger charge is 2.24. The van der Waals surface area contributed by atoms with Crippen LogP contribution in [0.3, 0.4) is 0 Å². The third-order valence-electron chi connectivity index (χ3n) is 4.20. The van der Waals surface area contributed by atoms with Crippen molar-refractivity contribution in [3.8, 4) is 0 Å². The topological polar surface area (TPSA) is 43.8 Å². The Morgan fingerprint density at radius 2 is 2.21 bits per heavy atom. The molecule has 0 saturated heterocycles. The molecule has 1 aromatic heterocycles.